The molecular formula is C21H22Cl2N2O2S2. The van der Waals surface area contributed by atoms with Crippen LogP contribution in [0, 0.1) is 29.1 Å². The highest BCUT2D eigenvalue weighted by Gasteiger charge is 2.36. The van der Waals surface area contributed by atoms with Gasteiger partial charge in [0.25, 0.3) is 0 Å². The first-order valence-corrected chi connectivity index (χ1v) is 12.3. The van der Waals surface area contributed by atoms with Crippen LogP contribution in [0.3, 0.4) is 0 Å². The minimum atomic E-state index is -3.77. The van der Waals surface area contributed by atoms with Gasteiger partial charge in [-0.2, -0.15) is 9.57 Å². The molecule has 1 saturated heterocycles. The molecule has 2 unspecified atom stereocenters. The number of benzene rings is 2. The third kappa shape index (κ3) is 4.76. The van der Waals surface area contributed by atoms with Gasteiger partial charge in [-0.1, -0.05) is 55.7 Å². The van der Waals surface area contributed by atoms with Gasteiger partial charge in [0, 0.05) is 27.9 Å². The van der Waals surface area contributed by atoms with Gasteiger partial charge >= 0.3 is 0 Å². The van der Waals surface area contributed by atoms with Crippen molar-refractivity contribution >= 4 is 45.0 Å². The lowest BCUT2D eigenvalue weighted by Crippen LogP contribution is -2.46. The Bertz CT molecular complexity index is 1050. The number of rotatable bonds is 4. The topological polar surface area (TPSA) is 61.2 Å². The quantitative estimate of drug-likeness (QED) is 0.557. The lowest BCUT2D eigenvalue weighted by atomic mass is 9.82. The summed E-state index contributed by atoms with van der Waals surface area (Å²) in [6.07, 6.45) is 0. The first kappa shape index (κ1) is 22.5. The fourth-order valence-electron chi connectivity index (χ4n) is 3.48. The molecule has 29 heavy (non-hydrogen) atoms. The largest absolute Gasteiger partial charge is 0.244 e. The lowest BCUT2D eigenvalue weighted by molar-refractivity contribution is 0.148. The van der Waals surface area contributed by atoms with Gasteiger partial charge in [-0.15, -0.1) is 0 Å². The van der Waals surface area contributed by atoms with Crippen molar-refractivity contribution in [3.63, 3.8) is 0 Å². The maximum Gasteiger partial charge on any atom is 0.244 e. The molecule has 2 aromatic carbocycles. The summed E-state index contributed by atoms with van der Waals surface area (Å²) in [7, 11) is -3.77. The minimum Gasteiger partial charge on any atom is -0.207 e. The Morgan fingerprint density at radius 2 is 1.69 bits per heavy atom. The first-order chi connectivity index (χ1) is 13.6. The van der Waals surface area contributed by atoms with Crippen LogP contribution in [-0.2, 0) is 10.0 Å². The molecule has 154 valence electrons. The van der Waals surface area contributed by atoms with E-state index in [1.165, 1.54) is 17.8 Å². The Hall–Kier alpha value is -1.23. The number of halogens is 2. The minimum absolute atomic E-state index is 0.131. The van der Waals surface area contributed by atoms with Gasteiger partial charge in [0.2, 0.25) is 10.0 Å². The first-order valence-electron chi connectivity index (χ1n) is 9.30. The Kier molecular flexibility index (Phi) is 6.87. The zero-order valence-corrected chi connectivity index (χ0v) is 19.5. The van der Waals surface area contributed by atoms with Crippen molar-refractivity contribution in [1.82, 2.24) is 4.31 Å². The van der Waals surface area contributed by atoms with Gasteiger partial charge in [0.15, 0.2) is 0 Å². The van der Waals surface area contributed by atoms with Crippen molar-refractivity contribution < 1.29 is 8.42 Å². The molecule has 2 atom stereocenters. The van der Waals surface area contributed by atoms with Gasteiger partial charge in [-0.3, -0.25) is 0 Å². The number of nitrogens with zero attached hydrogens (tertiary/aromatic N) is 2. The molecule has 8 heteroatoms. The van der Waals surface area contributed by atoms with Crippen molar-refractivity contribution in [1.29, 1.82) is 5.26 Å². The molecule has 0 bridgehead atoms. The Balaban J connectivity index is 2.05. The fraction of sp³-hybridized carbons (Fsp3) is 0.381. The van der Waals surface area contributed by atoms with Crippen LogP contribution in [-0.4, -0.2) is 25.8 Å². The smallest absolute Gasteiger partial charge is 0.207 e. The molecule has 0 N–H and O–H groups in total. The van der Waals surface area contributed by atoms with Crippen LogP contribution in [0.25, 0.3) is 0 Å². The third-order valence-corrected chi connectivity index (χ3v) is 9.39. The average molecular weight is 469 g/mol. The van der Waals surface area contributed by atoms with E-state index in [0.717, 1.165) is 0 Å². The van der Waals surface area contributed by atoms with Crippen LogP contribution >= 0.6 is 35.0 Å². The Labute approximate surface area is 186 Å². The zero-order valence-electron chi connectivity index (χ0n) is 16.4. The standard InChI is InChI=1S/C21H22Cl2N2O2S2/c1-13-11-25(12-14(2)15(13)3)29(26,27)21-8-16(10-24)4-7-19(21)28-20-9-17(22)5-6-18(20)23/h4-9,13-15H,11-12H2,1-3H3. The summed E-state index contributed by atoms with van der Waals surface area (Å²) in [6.45, 7) is 7.25. The van der Waals surface area contributed by atoms with Crippen LogP contribution in [0.5, 0.6) is 0 Å². The molecule has 3 rings (SSSR count). The summed E-state index contributed by atoms with van der Waals surface area (Å²) in [6, 6.07) is 11.8. The van der Waals surface area contributed by atoms with Crippen molar-refractivity contribution in [2.24, 2.45) is 17.8 Å². The molecule has 0 saturated carbocycles. The molecule has 0 spiro atoms. The van der Waals surface area contributed by atoms with E-state index in [-0.39, 0.29) is 16.7 Å². The van der Waals surface area contributed by atoms with E-state index < -0.39 is 10.0 Å². The van der Waals surface area contributed by atoms with Gasteiger partial charge in [-0.25, -0.2) is 8.42 Å². The van der Waals surface area contributed by atoms with E-state index in [0.29, 0.717) is 44.4 Å². The second-order valence-corrected chi connectivity index (χ2v) is 11.4. The monoisotopic (exact) mass is 468 g/mol. The van der Waals surface area contributed by atoms with Crippen LogP contribution in [0.15, 0.2) is 51.1 Å². The molecule has 0 radical (unpaired) electrons. The number of piperidine rings is 1. The van der Waals surface area contributed by atoms with Crippen molar-refractivity contribution in [2.75, 3.05) is 13.1 Å². The summed E-state index contributed by atoms with van der Waals surface area (Å²) in [5.74, 6) is 0.961. The van der Waals surface area contributed by atoms with Crippen LogP contribution in [0.1, 0.15) is 26.3 Å². The number of hydrogen-bond donors (Lipinski definition) is 0. The molecule has 2 aromatic rings. The fourth-order valence-corrected chi connectivity index (χ4v) is 7.02. The van der Waals surface area contributed by atoms with E-state index in [1.54, 1.807) is 34.6 Å². The lowest BCUT2D eigenvalue weighted by Gasteiger charge is -2.39. The van der Waals surface area contributed by atoms with Crippen molar-refractivity contribution in [3.8, 4) is 6.07 Å². The van der Waals surface area contributed by atoms with Gasteiger partial charge < -0.3 is 0 Å². The number of sulfonamides is 1. The molecule has 4 nitrogen and oxygen atoms in total. The highest BCUT2D eigenvalue weighted by molar-refractivity contribution is 8.00. The summed E-state index contributed by atoms with van der Waals surface area (Å²) in [5.41, 5.74) is 0.302. The van der Waals surface area contributed by atoms with E-state index >= 15 is 0 Å². The Morgan fingerprint density at radius 1 is 1.03 bits per heavy atom. The molecule has 1 heterocycles. The molecule has 1 aliphatic heterocycles. The van der Waals surface area contributed by atoms with Gasteiger partial charge in [0.1, 0.15) is 0 Å². The number of hydrogen-bond acceptors (Lipinski definition) is 4. The molecule has 1 fully saturated rings. The second kappa shape index (κ2) is 8.87. The number of nitriles is 1. The second-order valence-electron chi connectivity index (χ2n) is 7.59. The van der Waals surface area contributed by atoms with Crippen molar-refractivity contribution in [2.45, 2.75) is 35.5 Å². The average Bonchev–Trinajstić information content (AvgIpc) is 2.68. The SMILES string of the molecule is CC1CN(S(=O)(=O)c2cc(C#N)ccc2Sc2cc(Cl)ccc2Cl)CC(C)C1C. The molecular weight excluding hydrogens is 447 g/mol. The predicted molar refractivity (Wildman–Crippen MR) is 118 cm³/mol. The summed E-state index contributed by atoms with van der Waals surface area (Å²) in [4.78, 5) is 1.31. The summed E-state index contributed by atoms with van der Waals surface area (Å²) >= 11 is 13.6. The summed E-state index contributed by atoms with van der Waals surface area (Å²) in [5, 5.41) is 10.3. The van der Waals surface area contributed by atoms with Gasteiger partial charge in [-0.05, 0) is 54.2 Å². The summed E-state index contributed by atoms with van der Waals surface area (Å²) < 4.78 is 28.7. The third-order valence-electron chi connectivity index (χ3n) is 5.58. The maximum atomic E-state index is 13.6. The van der Waals surface area contributed by atoms with Gasteiger partial charge in [0.05, 0.1) is 21.6 Å². The van der Waals surface area contributed by atoms with E-state index in [1.807, 2.05) is 6.07 Å². The molecule has 0 aliphatic carbocycles. The van der Waals surface area contributed by atoms with E-state index in [4.69, 9.17) is 23.2 Å². The van der Waals surface area contributed by atoms with Crippen LogP contribution < -0.4 is 0 Å². The molecule has 0 aromatic heterocycles. The zero-order chi connectivity index (χ0) is 21.3. The Morgan fingerprint density at radius 3 is 2.31 bits per heavy atom. The highest BCUT2D eigenvalue weighted by Crippen LogP contribution is 2.40. The predicted octanol–water partition coefficient (Wildman–Crippen LogP) is 5.93. The van der Waals surface area contributed by atoms with E-state index in [2.05, 4.69) is 20.8 Å². The maximum absolute atomic E-state index is 13.6. The molecule has 1 aliphatic rings. The normalized spacial score (nSPS) is 23.0. The molecule has 0 amide bonds. The highest BCUT2D eigenvalue weighted by atomic mass is 35.5. The van der Waals surface area contributed by atoms with Crippen LogP contribution in [0.2, 0.25) is 10.0 Å². The van der Waals surface area contributed by atoms with Crippen molar-refractivity contribution in [3.05, 3.63) is 52.0 Å². The van der Waals surface area contributed by atoms with E-state index in [9.17, 15) is 13.7 Å². The van der Waals surface area contributed by atoms with Crippen LogP contribution in [0.4, 0.5) is 0 Å².